The largest absolute Gasteiger partial charge is 0.507 e. The van der Waals surface area contributed by atoms with Crippen molar-refractivity contribution in [3.63, 3.8) is 0 Å². The first-order chi connectivity index (χ1) is 15.3. The van der Waals surface area contributed by atoms with E-state index < -0.39 is 0 Å². The summed E-state index contributed by atoms with van der Waals surface area (Å²) < 4.78 is 5.84. The molecule has 0 aliphatic heterocycles. The van der Waals surface area contributed by atoms with Crippen molar-refractivity contribution in [2.75, 3.05) is 5.32 Å². The second-order valence-electron chi connectivity index (χ2n) is 7.61. The molecule has 32 heavy (non-hydrogen) atoms. The number of aryl methyl sites for hydroxylation is 3. The summed E-state index contributed by atoms with van der Waals surface area (Å²) in [4.78, 5) is 17.0. The average Bonchev–Trinajstić information content (AvgIpc) is 3.19. The second-order valence-corrected chi connectivity index (χ2v) is 8.02. The van der Waals surface area contributed by atoms with E-state index in [0.717, 1.165) is 28.6 Å². The lowest BCUT2D eigenvalue weighted by atomic mass is 10.1. The summed E-state index contributed by atoms with van der Waals surface area (Å²) in [5.41, 5.74) is 6.21. The van der Waals surface area contributed by atoms with E-state index in [-0.39, 0.29) is 16.8 Å². The Bertz CT molecular complexity index is 1340. The molecule has 4 rings (SSSR count). The SMILES string of the molecule is CCc1ccc2oc(-c3cc(NC(=S)NC(=O)c4ccc(C)c(C)c4)ccc3O)nc2c1. The first-order valence-electron chi connectivity index (χ1n) is 10.3. The Hall–Kier alpha value is -3.71. The first-order valence-corrected chi connectivity index (χ1v) is 10.7. The molecule has 0 unspecified atom stereocenters. The fraction of sp³-hybridized carbons (Fsp3) is 0.160. The molecule has 0 saturated heterocycles. The Morgan fingerprint density at radius 1 is 1.06 bits per heavy atom. The van der Waals surface area contributed by atoms with E-state index in [2.05, 4.69) is 22.5 Å². The van der Waals surface area contributed by atoms with Crippen molar-refractivity contribution in [2.45, 2.75) is 27.2 Å². The summed E-state index contributed by atoms with van der Waals surface area (Å²) >= 11 is 5.30. The molecule has 0 aliphatic rings. The van der Waals surface area contributed by atoms with Crippen LogP contribution >= 0.6 is 12.2 Å². The molecular weight excluding hydrogens is 422 g/mol. The predicted molar refractivity (Wildman–Crippen MR) is 130 cm³/mol. The number of aromatic nitrogens is 1. The van der Waals surface area contributed by atoms with Crippen LogP contribution < -0.4 is 10.6 Å². The molecule has 1 heterocycles. The molecule has 1 aromatic heterocycles. The molecular formula is C25H23N3O3S. The number of fused-ring (bicyclic) bond motifs is 1. The van der Waals surface area contributed by atoms with Gasteiger partial charge in [0.2, 0.25) is 5.89 Å². The molecule has 0 radical (unpaired) electrons. The maximum atomic E-state index is 12.5. The highest BCUT2D eigenvalue weighted by molar-refractivity contribution is 7.80. The lowest BCUT2D eigenvalue weighted by molar-refractivity contribution is 0.0977. The number of amides is 1. The molecule has 0 atom stereocenters. The van der Waals surface area contributed by atoms with Crippen molar-refractivity contribution in [1.29, 1.82) is 0 Å². The third-order valence-electron chi connectivity index (χ3n) is 5.34. The maximum Gasteiger partial charge on any atom is 0.257 e. The van der Waals surface area contributed by atoms with Crippen molar-refractivity contribution in [3.05, 3.63) is 76.9 Å². The smallest absolute Gasteiger partial charge is 0.257 e. The number of carbonyl (C=O) groups excluding carboxylic acids is 1. The van der Waals surface area contributed by atoms with Crippen LogP contribution in [0.25, 0.3) is 22.6 Å². The molecule has 0 bridgehead atoms. The van der Waals surface area contributed by atoms with Gasteiger partial charge in [-0.05, 0) is 91.6 Å². The summed E-state index contributed by atoms with van der Waals surface area (Å²) in [7, 11) is 0. The summed E-state index contributed by atoms with van der Waals surface area (Å²) in [6.45, 7) is 6.02. The van der Waals surface area contributed by atoms with Crippen molar-refractivity contribution in [2.24, 2.45) is 0 Å². The van der Waals surface area contributed by atoms with Gasteiger partial charge in [0, 0.05) is 11.3 Å². The molecule has 3 aromatic carbocycles. The quantitative estimate of drug-likeness (QED) is 0.284. The van der Waals surface area contributed by atoms with Crippen molar-refractivity contribution < 1.29 is 14.3 Å². The first kappa shape index (κ1) is 21.5. The second kappa shape index (κ2) is 8.80. The normalized spacial score (nSPS) is 10.8. The number of aromatic hydroxyl groups is 1. The fourth-order valence-corrected chi connectivity index (χ4v) is 3.52. The van der Waals surface area contributed by atoms with E-state index in [1.54, 1.807) is 18.2 Å². The van der Waals surface area contributed by atoms with Gasteiger partial charge in [0.1, 0.15) is 11.3 Å². The number of carbonyl (C=O) groups is 1. The zero-order valence-corrected chi connectivity index (χ0v) is 18.8. The highest BCUT2D eigenvalue weighted by Gasteiger charge is 2.15. The Morgan fingerprint density at radius 2 is 1.88 bits per heavy atom. The number of nitrogens with zero attached hydrogens (tertiary/aromatic N) is 1. The van der Waals surface area contributed by atoms with E-state index >= 15 is 0 Å². The van der Waals surface area contributed by atoms with Crippen molar-refractivity contribution in [1.82, 2.24) is 10.3 Å². The molecule has 0 saturated carbocycles. The van der Waals surface area contributed by atoms with Crippen LogP contribution in [0.4, 0.5) is 5.69 Å². The van der Waals surface area contributed by atoms with E-state index in [9.17, 15) is 9.90 Å². The Kier molecular flexibility index (Phi) is 5.92. The molecule has 0 fully saturated rings. The predicted octanol–water partition coefficient (Wildman–Crippen LogP) is 5.51. The Morgan fingerprint density at radius 3 is 2.62 bits per heavy atom. The molecule has 6 nitrogen and oxygen atoms in total. The fourth-order valence-electron chi connectivity index (χ4n) is 3.31. The number of benzene rings is 3. The molecule has 0 spiro atoms. The minimum Gasteiger partial charge on any atom is -0.507 e. The third kappa shape index (κ3) is 4.48. The molecule has 3 N–H and O–H groups in total. The van der Waals surface area contributed by atoms with Crippen molar-refractivity contribution >= 4 is 40.0 Å². The number of nitrogens with one attached hydrogen (secondary N) is 2. The highest BCUT2D eigenvalue weighted by Crippen LogP contribution is 2.33. The summed E-state index contributed by atoms with van der Waals surface area (Å²) in [6.07, 6.45) is 0.897. The third-order valence-corrected chi connectivity index (χ3v) is 5.55. The zero-order valence-electron chi connectivity index (χ0n) is 18.0. The number of oxazole rings is 1. The van der Waals surface area contributed by atoms with Gasteiger partial charge in [-0.25, -0.2) is 4.98 Å². The number of phenolic OH excluding ortho intramolecular Hbond substituents is 1. The number of hydrogen-bond acceptors (Lipinski definition) is 5. The molecule has 0 aliphatic carbocycles. The van der Waals surface area contributed by atoms with Crippen LogP contribution in [0.2, 0.25) is 0 Å². The van der Waals surface area contributed by atoms with Gasteiger partial charge >= 0.3 is 0 Å². The lowest BCUT2D eigenvalue weighted by Crippen LogP contribution is -2.34. The Balaban J connectivity index is 1.53. The lowest BCUT2D eigenvalue weighted by Gasteiger charge is -2.11. The Labute approximate surface area is 191 Å². The van der Waals surface area contributed by atoms with Gasteiger partial charge in [-0.2, -0.15) is 0 Å². The minimum absolute atomic E-state index is 0.0305. The summed E-state index contributed by atoms with van der Waals surface area (Å²) in [5.74, 6) is 0.0395. The number of hydrogen-bond donors (Lipinski definition) is 3. The van der Waals surface area contributed by atoms with Crippen LogP contribution in [-0.2, 0) is 6.42 Å². The van der Waals surface area contributed by atoms with E-state index in [1.807, 2.05) is 44.2 Å². The molecule has 1 amide bonds. The summed E-state index contributed by atoms with van der Waals surface area (Å²) in [5, 5.41) is 16.2. The standard InChI is InChI=1S/C25H23N3O3S/c1-4-16-6-10-22-20(12-16)27-24(31-22)19-13-18(8-9-21(19)29)26-25(32)28-23(30)17-7-5-14(2)15(3)11-17/h5-13,29H,4H2,1-3H3,(H2,26,28,30,32). The van der Waals surface area contributed by atoms with Gasteiger partial charge in [-0.3, -0.25) is 10.1 Å². The van der Waals surface area contributed by atoms with Crippen LogP contribution in [0.15, 0.2) is 59.0 Å². The van der Waals surface area contributed by atoms with Gasteiger partial charge in [-0.15, -0.1) is 0 Å². The van der Waals surface area contributed by atoms with E-state index in [1.165, 1.54) is 6.07 Å². The average molecular weight is 446 g/mol. The van der Waals surface area contributed by atoms with Crippen LogP contribution in [0.3, 0.4) is 0 Å². The summed E-state index contributed by atoms with van der Waals surface area (Å²) in [6, 6.07) is 16.2. The molecule has 4 aromatic rings. The number of thiocarbonyl (C=S) groups is 1. The monoisotopic (exact) mass is 445 g/mol. The van der Waals surface area contributed by atoms with Gasteiger partial charge < -0.3 is 14.8 Å². The highest BCUT2D eigenvalue weighted by atomic mass is 32.1. The van der Waals surface area contributed by atoms with Gasteiger partial charge in [0.25, 0.3) is 5.91 Å². The van der Waals surface area contributed by atoms with E-state index in [0.29, 0.717) is 28.3 Å². The van der Waals surface area contributed by atoms with Crippen LogP contribution in [0.5, 0.6) is 5.75 Å². The zero-order chi connectivity index (χ0) is 22.8. The molecule has 7 heteroatoms. The van der Waals surface area contributed by atoms with Crippen LogP contribution in [-0.4, -0.2) is 21.1 Å². The van der Waals surface area contributed by atoms with Crippen molar-refractivity contribution in [3.8, 4) is 17.2 Å². The number of rotatable bonds is 4. The van der Waals surface area contributed by atoms with Crippen LogP contribution in [0.1, 0.15) is 34.0 Å². The minimum atomic E-state index is -0.296. The van der Waals surface area contributed by atoms with E-state index in [4.69, 9.17) is 16.6 Å². The van der Waals surface area contributed by atoms with Gasteiger partial charge in [0.05, 0.1) is 5.56 Å². The van der Waals surface area contributed by atoms with Gasteiger partial charge in [0.15, 0.2) is 10.7 Å². The number of anilines is 1. The molecule has 162 valence electrons. The topological polar surface area (TPSA) is 87.4 Å². The van der Waals surface area contributed by atoms with Crippen LogP contribution in [0, 0.1) is 13.8 Å². The number of phenols is 1. The van der Waals surface area contributed by atoms with Gasteiger partial charge in [-0.1, -0.05) is 19.1 Å². The maximum absolute atomic E-state index is 12.5.